The van der Waals surface area contributed by atoms with Gasteiger partial charge in [-0.05, 0) is 18.2 Å². The summed E-state index contributed by atoms with van der Waals surface area (Å²) >= 11 is 12.2. The Morgan fingerprint density at radius 2 is 1.95 bits per heavy atom. The van der Waals surface area contributed by atoms with Crippen LogP contribution in [0, 0.1) is 0 Å². The zero-order chi connectivity index (χ0) is 15.3. The highest BCUT2D eigenvalue weighted by Crippen LogP contribution is 2.27. The van der Waals surface area contributed by atoms with Crippen LogP contribution in [0.2, 0.25) is 10.0 Å². The molecule has 0 radical (unpaired) electrons. The van der Waals surface area contributed by atoms with Gasteiger partial charge in [0.2, 0.25) is 0 Å². The molecular formula is C14H7Cl2N5O. The molecule has 0 bridgehead atoms. The van der Waals surface area contributed by atoms with E-state index in [1.54, 1.807) is 30.5 Å². The van der Waals surface area contributed by atoms with Crippen molar-refractivity contribution in [3.63, 3.8) is 0 Å². The Kier molecular flexibility index (Phi) is 2.88. The minimum absolute atomic E-state index is 0.258. The number of aromatic nitrogens is 5. The van der Waals surface area contributed by atoms with E-state index in [-0.39, 0.29) is 5.56 Å². The summed E-state index contributed by atoms with van der Waals surface area (Å²) in [5.41, 5.74) is 0.883. The molecule has 4 rings (SSSR count). The minimum Gasteiger partial charge on any atom is -0.282 e. The van der Waals surface area contributed by atoms with Crippen molar-refractivity contribution in [1.82, 2.24) is 24.1 Å². The van der Waals surface area contributed by atoms with Crippen molar-refractivity contribution in [3.8, 4) is 5.69 Å². The minimum atomic E-state index is -0.258. The molecule has 0 N–H and O–H groups in total. The van der Waals surface area contributed by atoms with Crippen molar-refractivity contribution >= 4 is 39.9 Å². The zero-order valence-corrected chi connectivity index (χ0v) is 12.5. The molecule has 3 aromatic heterocycles. The van der Waals surface area contributed by atoms with E-state index >= 15 is 0 Å². The topological polar surface area (TPSA) is 65.1 Å². The molecule has 0 unspecified atom stereocenters. The lowest BCUT2D eigenvalue weighted by molar-refractivity contribution is 0.958. The van der Waals surface area contributed by atoms with E-state index in [4.69, 9.17) is 23.2 Å². The molecule has 0 fully saturated rings. The maximum absolute atomic E-state index is 12.7. The molecule has 4 aromatic rings. The van der Waals surface area contributed by atoms with E-state index in [1.165, 1.54) is 21.6 Å². The Balaban J connectivity index is 2.08. The lowest BCUT2D eigenvalue weighted by Gasteiger charge is -2.10. The number of fused-ring (bicyclic) bond motifs is 3. The summed E-state index contributed by atoms with van der Waals surface area (Å²) in [6.07, 6.45) is 4.50. The lowest BCUT2D eigenvalue weighted by Crippen LogP contribution is -2.19. The van der Waals surface area contributed by atoms with Gasteiger partial charge in [0.05, 0.1) is 26.6 Å². The van der Waals surface area contributed by atoms with E-state index < -0.39 is 0 Å². The quantitative estimate of drug-likeness (QED) is 0.538. The maximum atomic E-state index is 12.7. The van der Waals surface area contributed by atoms with Crippen LogP contribution in [0.15, 0.2) is 47.8 Å². The standard InChI is InChI=1S/C14H7Cl2N5O/c15-9-2-1-3-11(12(9)16)20-5-4-10-8(13(20)22)6-17-14-18-7-19-21(10)14/h1-7H. The highest BCUT2D eigenvalue weighted by molar-refractivity contribution is 6.43. The summed E-state index contributed by atoms with van der Waals surface area (Å²) in [6.45, 7) is 0. The molecule has 0 aliphatic heterocycles. The predicted molar refractivity (Wildman–Crippen MR) is 83.9 cm³/mol. The first-order valence-corrected chi connectivity index (χ1v) is 7.07. The number of pyridine rings is 1. The van der Waals surface area contributed by atoms with Crippen molar-refractivity contribution < 1.29 is 0 Å². The molecule has 0 spiro atoms. The van der Waals surface area contributed by atoms with Crippen LogP contribution in [0.5, 0.6) is 0 Å². The number of benzene rings is 1. The average molecular weight is 332 g/mol. The molecule has 0 amide bonds. The first-order valence-electron chi connectivity index (χ1n) is 6.31. The fourth-order valence-electron chi connectivity index (χ4n) is 2.33. The third kappa shape index (κ3) is 1.81. The SMILES string of the molecule is O=c1c2cnc3ncnn3c2ccn1-c1cccc(Cl)c1Cl. The van der Waals surface area contributed by atoms with E-state index in [0.717, 1.165) is 0 Å². The lowest BCUT2D eigenvalue weighted by atomic mass is 10.2. The normalized spacial score (nSPS) is 11.4. The van der Waals surface area contributed by atoms with Gasteiger partial charge < -0.3 is 0 Å². The molecule has 8 heteroatoms. The first kappa shape index (κ1) is 13.2. The molecule has 0 aliphatic rings. The maximum Gasteiger partial charge on any atom is 0.266 e. The monoisotopic (exact) mass is 331 g/mol. The Morgan fingerprint density at radius 3 is 2.82 bits per heavy atom. The van der Waals surface area contributed by atoms with Crippen LogP contribution in [0.1, 0.15) is 0 Å². The first-order chi connectivity index (χ1) is 10.7. The van der Waals surface area contributed by atoms with Gasteiger partial charge in [-0.15, -0.1) is 0 Å². The molecule has 1 aromatic carbocycles. The molecule has 0 saturated heterocycles. The number of nitrogens with zero attached hydrogens (tertiary/aromatic N) is 5. The van der Waals surface area contributed by atoms with E-state index in [1.807, 2.05) is 0 Å². The van der Waals surface area contributed by atoms with Gasteiger partial charge >= 0.3 is 0 Å². The van der Waals surface area contributed by atoms with Gasteiger partial charge in [0.25, 0.3) is 11.3 Å². The van der Waals surface area contributed by atoms with Crippen LogP contribution >= 0.6 is 23.2 Å². The molecule has 0 saturated carbocycles. The van der Waals surface area contributed by atoms with E-state index in [0.29, 0.717) is 32.4 Å². The van der Waals surface area contributed by atoms with Crippen molar-refractivity contribution in [2.75, 3.05) is 0 Å². The molecule has 6 nitrogen and oxygen atoms in total. The molecule has 0 aliphatic carbocycles. The Labute approximate surface area is 133 Å². The largest absolute Gasteiger partial charge is 0.282 e. The summed E-state index contributed by atoms with van der Waals surface area (Å²) in [7, 11) is 0. The van der Waals surface area contributed by atoms with Gasteiger partial charge in [0.1, 0.15) is 6.33 Å². The van der Waals surface area contributed by atoms with Gasteiger partial charge in [-0.3, -0.25) is 9.36 Å². The Bertz CT molecular complexity index is 1090. The van der Waals surface area contributed by atoms with Crippen LogP contribution in [0.4, 0.5) is 0 Å². The zero-order valence-electron chi connectivity index (χ0n) is 10.9. The van der Waals surface area contributed by atoms with Crippen molar-refractivity contribution in [2.24, 2.45) is 0 Å². The summed E-state index contributed by atoms with van der Waals surface area (Å²) in [5, 5.41) is 5.19. The second kappa shape index (κ2) is 4.79. The van der Waals surface area contributed by atoms with Crippen LogP contribution in [-0.4, -0.2) is 24.1 Å². The highest BCUT2D eigenvalue weighted by Gasteiger charge is 2.12. The average Bonchev–Trinajstić information content (AvgIpc) is 3.00. The number of hydrogen-bond donors (Lipinski definition) is 0. The van der Waals surface area contributed by atoms with Gasteiger partial charge in [-0.25, -0.2) is 4.98 Å². The summed E-state index contributed by atoms with van der Waals surface area (Å²) in [6, 6.07) is 6.89. The van der Waals surface area contributed by atoms with E-state index in [9.17, 15) is 4.79 Å². The van der Waals surface area contributed by atoms with Gasteiger partial charge in [-0.2, -0.15) is 14.6 Å². The van der Waals surface area contributed by atoms with Crippen molar-refractivity contribution in [1.29, 1.82) is 0 Å². The highest BCUT2D eigenvalue weighted by atomic mass is 35.5. The third-order valence-corrected chi connectivity index (χ3v) is 4.17. The fourth-order valence-corrected chi connectivity index (χ4v) is 2.72. The molecular weight excluding hydrogens is 325 g/mol. The van der Waals surface area contributed by atoms with Gasteiger partial charge in [0, 0.05) is 12.4 Å². The molecule has 3 heterocycles. The van der Waals surface area contributed by atoms with Crippen molar-refractivity contribution in [3.05, 3.63) is 63.4 Å². The summed E-state index contributed by atoms with van der Waals surface area (Å²) in [4.78, 5) is 20.8. The fraction of sp³-hybridized carbons (Fsp3) is 0. The Morgan fingerprint density at radius 1 is 1.09 bits per heavy atom. The van der Waals surface area contributed by atoms with Gasteiger partial charge in [0.15, 0.2) is 0 Å². The molecule has 108 valence electrons. The third-order valence-electron chi connectivity index (χ3n) is 3.36. The molecule has 22 heavy (non-hydrogen) atoms. The summed E-state index contributed by atoms with van der Waals surface area (Å²) in [5.74, 6) is 0.436. The van der Waals surface area contributed by atoms with Gasteiger partial charge in [-0.1, -0.05) is 29.3 Å². The molecule has 0 atom stereocenters. The van der Waals surface area contributed by atoms with Crippen LogP contribution in [-0.2, 0) is 0 Å². The second-order valence-electron chi connectivity index (χ2n) is 4.59. The van der Waals surface area contributed by atoms with Crippen LogP contribution in [0.3, 0.4) is 0 Å². The van der Waals surface area contributed by atoms with Crippen LogP contribution in [0.25, 0.3) is 22.4 Å². The second-order valence-corrected chi connectivity index (χ2v) is 5.38. The Hall–Kier alpha value is -2.44. The predicted octanol–water partition coefficient (Wildman–Crippen LogP) is 2.74. The van der Waals surface area contributed by atoms with Crippen molar-refractivity contribution in [2.45, 2.75) is 0 Å². The summed E-state index contributed by atoms with van der Waals surface area (Å²) < 4.78 is 2.95. The van der Waals surface area contributed by atoms with Crippen LogP contribution < -0.4 is 5.56 Å². The number of halogens is 2. The smallest absolute Gasteiger partial charge is 0.266 e. The van der Waals surface area contributed by atoms with E-state index in [2.05, 4.69) is 15.1 Å². The number of rotatable bonds is 1. The number of hydrogen-bond acceptors (Lipinski definition) is 4.